The Morgan fingerprint density at radius 3 is 2.71 bits per heavy atom. The average molecular weight is 333 g/mol. The van der Waals surface area contributed by atoms with E-state index in [9.17, 15) is 14.4 Å². The molecular weight excluding hydrogens is 310 g/mol. The maximum absolute atomic E-state index is 12.1. The van der Waals surface area contributed by atoms with Crippen molar-refractivity contribution in [2.75, 3.05) is 16.8 Å². The number of nitrogens with zero attached hydrogens (tertiary/aromatic N) is 1. The number of hydrogen-bond acceptors (Lipinski definition) is 3. The lowest BCUT2D eigenvalue weighted by Gasteiger charge is -2.26. The van der Waals surface area contributed by atoms with Crippen LogP contribution < -0.4 is 15.5 Å². The van der Waals surface area contributed by atoms with Crippen molar-refractivity contribution in [3.63, 3.8) is 0 Å². The molecule has 0 unspecified atom stereocenters. The van der Waals surface area contributed by atoms with Crippen LogP contribution in [0.4, 0.5) is 16.2 Å². The molecule has 0 radical (unpaired) electrons. The van der Waals surface area contributed by atoms with E-state index in [0.717, 1.165) is 12.1 Å². The molecule has 0 aromatic heterocycles. The van der Waals surface area contributed by atoms with Gasteiger partial charge in [0.05, 0.1) is 0 Å². The van der Waals surface area contributed by atoms with Crippen LogP contribution in [-0.4, -0.2) is 35.1 Å². The Bertz CT molecular complexity index is 642. The summed E-state index contributed by atoms with van der Waals surface area (Å²) in [7, 11) is 0. The third-order valence-corrected chi connectivity index (χ3v) is 3.90. The quantitative estimate of drug-likeness (QED) is 0.745. The van der Waals surface area contributed by atoms with E-state index in [1.54, 1.807) is 36.9 Å². The molecule has 1 saturated heterocycles. The second-order valence-corrected chi connectivity index (χ2v) is 6.56. The summed E-state index contributed by atoms with van der Waals surface area (Å²) in [4.78, 5) is 36.3. The number of rotatable bonds is 6. The molecule has 0 spiro atoms. The summed E-state index contributed by atoms with van der Waals surface area (Å²) < 4.78 is 0. The molecular formula is C17H23N3O4. The summed E-state index contributed by atoms with van der Waals surface area (Å²) >= 11 is 0. The summed E-state index contributed by atoms with van der Waals surface area (Å²) in [5, 5.41) is 14.2. The van der Waals surface area contributed by atoms with Gasteiger partial charge in [-0.1, -0.05) is 6.07 Å². The predicted molar refractivity (Wildman–Crippen MR) is 91.1 cm³/mol. The van der Waals surface area contributed by atoms with Gasteiger partial charge in [-0.05, 0) is 44.9 Å². The SMILES string of the molecule is CC(C)(CCC(=O)O)NC(=O)Nc1cccc(N2CCCC2=O)c1. The number of carboxylic acids is 1. The summed E-state index contributed by atoms with van der Waals surface area (Å²) in [6, 6.07) is 6.71. The third-order valence-electron chi connectivity index (χ3n) is 3.90. The Morgan fingerprint density at radius 1 is 1.33 bits per heavy atom. The van der Waals surface area contributed by atoms with Crippen LogP contribution in [0.1, 0.15) is 39.5 Å². The van der Waals surface area contributed by atoms with Crippen molar-refractivity contribution in [3.05, 3.63) is 24.3 Å². The highest BCUT2D eigenvalue weighted by molar-refractivity contribution is 5.96. The van der Waals surface area contributed by atoms with Crippen molar-refractivity contribution in [1.82, 2.24) is 5.32 Å². The molecule has 1 aromatic rings. The molecule has 1 heterocycles. The van der Waals surface area contributed by atoms with Gasteiger partial charge in [0.1, 0.15) is 0 Å². The smallest absolute Gasteiger partial charge is 0.319 e. The first kappa shape index (κ1) is 17.8. The minimum Gasteiger partial charge on any atom is -0.481 e. The number of urea groups is 1. The molecule has 130 valence electrons. The zero-order valence-electron chi connectivity index (χ0n) is 14.0. The Balaban J connectivity index is 1.96. The number of anilines is 2. The first-order valence-corrected chi connectivity index (χ1v) is 7.98. The second kappa shape index (κ2) is 7.33. The lowest BCUT2D eigenvalue weighted by molar-refractivity contribution is -0.137. The van der Waals surface area contributed by atoms with Gasteiger partial charge in [0.25, 0.3) is 0 Å². The van der Waals surface area contributed by atoms with Gasteiger partial charge in [-0.25, -0.2) is 4.79 Å². The Kier molecular flexibility index (Phi) is 5.43. The second-order valence-electron chi connectivity index (χ2n) is 6.56. The summed E-state index contributed by atoms with van der Waals surface area (Å²) in [5.41, 5.74) is 0.713. The summed E-state index contributed by atoms with van der Waals surface area (Å²) in [5.74, 6) is -0.806. The number of benzene rings is 1. The molecule has 1 aliphatic rings. The van der Waals surface area contributed by atoms with E-state index in [2.05, 4.69) is 10.6 Å². The van der Waals surface area contributed by atoms with E-state index < -0.39 is 17.5 Å². The van der Waals surface area contributed by atoms with Crippen LogP contribution in [0.3, 0.4) is 0 Å². The number of carbonyl (C=O) groups excluding carboxylic acids is 2. The Labute approximate surface area is 141 Å². The number of hydrogen-bond donors (Lipinski definition) is 3. The summed E-state index contributed by atoms with van der Waals surface area (Å²) in [6.45, 7) is 4.24. The highest BCUT2D eigenvalue weighted by Crippen LogP contribution is 2.24. The van der Waals surface area contributed by atoms with Gasteiger partial charge >= 0.3 is 12.0 Å². The maximum atomic E-state index is 12.1. The molecule has 2 rings (SSSR count). The molecule has 0 aliphatic carbocycles. The molecule has 0 bridgehead atoms. The number of nitrogens with one attached hydrogen (secondary N) is 2. The lowest BCUT2D eigenvalue weighted by atomic mass is 9.99. The molecule has 7 heteroatoms. The Morgan fingerprint density at radius 2 is 2.08 bits per heavy atom. The normalized spacial score (nSPS) is 14.6. The van der Waals surface area contributed by atoms with Gasteiger partial charge < -0.3 is 20.6 Å². The molecule has 7 nitrogen and oxygen atoms in total. The lowest BCUT2D eigenvalue weighted by Crippen LogP contribution is -2.45. The number of carbonyl (C=O) groups is 3. The largest absolute Gasteiger partial charge is 0.481 e. The van der Waals surface area contributed by atoms with Crippen LogP contribution in [-0.2, 0) is 9.59 Å². The maximum Gasteiger partial charge on any atom is 0.319 e. The standard InChI is InChI=1S/C17H23N3O4/c1-17(2,9-8-15(22)23)19-16(24)18-12-5-3-6-13(11-12)20-10-4-7-14(20)21/h3,5-6,11H,4,7-10H2,1-2H3,(H,22,23)(H2,18,19,24). The topological polar surface area (TPSA) is 98.7 Å². The van der Waals surface area contributed by atoms with Crippen LogP contribution in [0.25, 0.3) is 0 Å². The molecule has 24 heavy (non-hydrogen) atoms. The number of carboxylic acid groups (broad SMARTS) is 1. The van der Waals surface area contributed by atoms with E-state index in [0.29, 0.717) is 25.1 Å². The molecule has 0 atom stereocenters. The van der Waals surface area contributed by atoms with Gasteiger partial charge in [0, 0.05) is 36.3 Å². The number of aliphatic carboxylic acids is 1. The monoisotopic (exact) mass is 333 g/mol. The summed E-state index contributed by atoms with van der Waals surface area (Å²) in [6.07, 6.45) is 1.71. The van der Waals surface area contributed by atoms with Crippen LogP contribution >= 0.6 is 0 Å². The highest BCUT2D eigenvalue weighted by Gasteiger charge is 2.23. The van der Waals surface area contributed by atoms with Gasteiger partial charge in [-0.3, -0.25) is 9.59 Å². The zero-order chi connectivity index (χ0) is 17.7. The molecule has 1 aromatic carbocycles. The van der Waals surface area contributed by atoms with Gasteiger partial charge in [-0.2, -0.15) is 0 Å². The van der Waals surface area contributed by atoms with E-state index in [4.69, 9.17) is 5.11 Å². The fourth-order valence-electron chi connectivity index (χ4n) is 2.62. The highest BCUT2D eigenvalue weighted by atomic mass is 16.4. The molecule has 3 amide bonds. The van der Waals surface area contributed by atoms with E-state index in [1.807, 2.05) is 6.07 Å². The predicted octanol–water partition coefficient (Wildman–Crippen LogP) is 2.58. The van der Waals surface area contributed by atoms with E-state index in [-0.39, 0.29) is 12.3 Å². The van der Waals surface area contributed by atoms with Crippen LogP contribution in [0.5, 0.6) is 0 Å². The minimum atomic E-state index is -0.895. The van der Waals surface area contributed by atoms with E-state index in [1.165, 1.54) is 0 Å². The van der Waals surface area contributed by atoms with Crippen molar-refractivity contribution in [3.8, 4) is 0 Å². The van der Waals surface area contributed by atoms with Crippen molar-refractivity contribution in [2.24, 2.45) is 0 Å². The molecule has 0 saturated carbocycles. The van der Waals surface area contributed by atoms with Crippen molar-refractivity contribution in [1.29, 1.82) is 0 Å². The van der Waals surface area contributed by atoms with Gasteiger partial charge in [0.15, 0.2) is 0 Å². The van der Waals surface area contributed by atoms with Crippen molar-refractivity contribution >= 4 is 29.3 Å². The van der Waals surface area contributed by atoms with Gasteiger partial charge in [0.2, 0.25) is 5.91 Å². The van der Waals surface area contributed by atoms with E-state index >= 15 is 0 Å². The van der Waals surface area contributed by atoms with Crippen molar-refractivity contribution in [2.45, 2.75) is 45.1 Å². The minimum absolute atomic E-state index is 0.0141. The van der Waals surface area contributed by atoms with Gasteiger partial charge in [-0.15, -0.1) is 0 Å². The first-order valence-electron chi connectivity index (χ1n) is 7.98. The first-order chi connectivity index (χ1) is 11.3. The van der Waals surface area contributed by atoms with Crippen LogP contribution in [0, 0.1) is 0 Å². The fraction of sp³-hybridized carbons (Fsp3) is 0.471. The number of amides is 3. The van der Waals surface area contributed by atoms with Crippen molar-refractivity contribution < 1.29 is 19.5 Å². The molecule has 3 N–H and O–H groups in total. The van der Waals surface area contributed by atoms with Crippen LogP contribution in [0.15, 0.2) is 24.3 Å². The third kappa shape index (κ3) is 4.97. The zero-order valence-corrected chi connectivity index (χ0v) is 14.0. The Hall–Kier alpha value is -2.57. The van der Waals surface area contributed by atoms with Crippen LogP contribution in [0.2, 0.25) is 0 Å². The average Bonchev–Trinajstić information content (AvgIpc) is 2.91. The molecule has 1 aliphatic heterocycles. The fourth-order valence-corrected chi connectivity index (χ4v) is 2.62. The molecule has 1 fully saturated rings.